The fraction of sp³-hybridized carbons (Fsp3) is 0.903. The van der Waals surface area contributed by atoms with Gasteiger partial charge in [-0.1, -0.05) is 110 Å². The van der Waals surface area contributed by atoms with Gasteiger partial charge in [0.2, 0.25) is 5.91 Å². The summed E-state index contributed by atoms with van der Waals surface area (Å²) in [7, 11) is 0. The second-order valence-electron chi connectivity index (χ2n) is 11.1. The van der Waals surface area contributed by atoms with E-state index in [0.29, 0.717) is 32.1 Å². The standard InChI is InChI=1S/C31H57NO5/c1-3-5-6-7-8-9-10-11-12-13-14-15-16-17-19-22-26(25-28-27(4-2)31(35)37-28)36-30(34)24-21-18-20-23-29(32)33/h26-28H,3-25H2,1-2H3,(H2,32,33)/t26-,27-,28-/m0/s1. The van der Waals surface area contributed by atoms with Crippen molar-refractivity contribution in [3.8, 4) is 0 Å². The van der Waals surface area contributed by atoms with Crippen LogP contribution >= 0.6 is 0 Å². The van der Waals surface area contributed by atoms with Crippen molar-refractivity contribution in [3.63, 3.8) is 0 Å². The van der Waals surface area contributed by atoms with E-state index in [4.69, 9.17) is 15.2 Å². The number of nitrogens with two attached hydrogens (primary N) is 1. The molecular formula is C31H57NO5. The van der Waals surface area contributed by atoms with Crippen molar-refractivity contribution in [2.45, 2.75) is 174 Å². The topological polar surface area (TPSA) is 95.7 Å². The van der Waals surface area contributed by atoms with E-state index in [0.717, 1.165) is 32.1 Å². The summed E-state index contributed by atoms with van der Waals surface area (Å²) in [5, 5.41) is 0. The van der Waals surface area contributed by atoms with E-state index < -0.39 is 0 Å². The van der Waals surface area contributed by atoms with E-state index in [9.17, 15) is 14.4 Å². The van der Waals surface area contributed by atoms with Gasteiger partial charge in [0.1, 0.15) is 12.2 Å². The molecule has 1 heterocycles. The van der Waals surface area contributed by atoms with E-state index >= 15 is 0 Å². The Morgan fingerprint density at radius 2 is 1.24 bits per heavy atom. The second-order valence-corrected chi connectivity index (χ2v) is 11.1. The molecule has 216 valence electrons. The lowest BCUT2D eigenvalue weighted by molar-refractivity contribution is -0.189. The first-order valence-electron chi connectivity index (χ1n) is 15.7. The monoisotopic (exact) mass is 523 g/mol. The lowest BCUT2D eigenvalue weighted by Crippen LogP contribution is -2.46. The first kappa shape index (κ1) is 33.4. The Morgan fingerprint density at radius 1 is 0.757 bits per heavy atom. The van der Waals surface area contributed by atoms with Crippen molar-refractivity contribution in [1.82, 2.24) is 0 Å². The Hall–Kier alpha value is -1.59. The van der Waals surface area contributed by atoms with Crippen LogP contribution in [0.15, 0.2) is 0 Å². The molecule has 0 bridgehead atoms. The highest BCUT2D eigenvalue weighted by atomic mass is 16.6. The molecule has 1 aliphatic rings. The number of primary amides is 1. The third-order valence-electron chi connectivity index (χ3n) is 7.69. The smallest absolute Gasteiger partial charge is 0.313 e. The lowest BCUT2D eigenvalue weighted by atomic mass is 9.89. The number of unbranched alkanes of at least 4 members (excludes halogenated alkanes) is 16. The van der Waals surface area contributed by atoms with Gasteiger partial charge in [-0.2, -0.15) is 0 Å². The fourth-order valence-electron chi connectivity index (χ4n) is 5.26. The molecule has 1 saturated heterocycles. The molecule has 0 aromatic heterocycles. The van der Waals surface area contributed by atoms with Gasteiger partial charge >= 0.3 is 11.9 Å². The normalized spacial score (nSPS) is 17.7. The quantitative estimate of drug-likeness (QED) is 0.0917. The van der Waals surface area contributed by atoms with Gasteiger partial charge in [0.25, 0.3) is 0 Å². The molecule has 6 heteroatoms. The molecule has 0 spiro atoms. The van der Waals surface area contributed by atoms with Crippen LogP contribution in [0.4, 0.5) is 0 Å². The van der Waals surface area contributed by atoms with Crippen molar-refractivity contribution in [3.05, 3.63) is 0 Å². The summed E-state index contributed by atoms with van der Waals surface area (Å²) in [4.78, 5) is 34.9. The van der Waals surface area contributed by atoms with Crippen LogP contribution in [0.2, 0.25) is 0 Å². The zero-order valence-corrected chi connectivity index (χ0v) is 24.1. The minimum absolute atomic E-state index is 0.0592. The van der Waals surface area contributed by atoms with Crippen LogP contribution in [0.1, 0.15) is 162 Å². The average Bonchev–Trinajstić information content (AvgIpc) is 2.85. The summed E-state index contributed by atoms with van der Waals surface area (Å²) in [5.41, 5.74) is 5.16. The van der Waals surface area contributed by atoms with Crippen molar-refractivity contribution in [1.29, 1.82) is 0 Å². The zero-order chi connectivity index (χ0) is 27.1. The highest BCUT2D eigenvalue weighted by Gasteiger charge is 2.42. The Morgan fingerprint density at radius 3 is 1.73 bits per heavy atom. The number of rotatable bonds is 26. The number of amides is 1. The van der Waals surface area contributed by atoms with Crippen LogP contribution in [-0.4, -0.2) is 30.1 Å². The van der Waals surface area contributed by atoms with E-state index in [1.54, 1.807) is 0 Å². The summed E-state index contributed by atoms with van der Waals surface area (Å²) in [6.45, 7) is 4.27. The summed E-state index contributed by atoms with van der Waals surface area (Å²) in [6, 6.07) is 0. The fourth-order valence-corrected chi connectivity index (χ4v) is 5.26. The Balaban J connectivity index is 2.15. The predicted octanol–water partition coefficient (Wildman–Crippen LogP) is 7.94. The molecule has 0 aromatic carbocycles. The third kappa shape index (κ3) is 17.5. The average molecular weight is 524 g/mol. The third-order valence-corrected chi connectivity index (χ3v) is 7.69. The van der Waals surface area contributed by atoms with Crippen molar-refractivity contribution >= 4 is 17.8 Å². The molecule has 1 rings (SSSR count). The van der Waals surface area contributed by atoms with Crippen LogP contribution in [-0.2, 0) is 23.9 Å². The maximum Gasteiger partial charge on any atom is 0.313 e. The molecular weight excluding hydrogens is 466 g/mol. The van der Waals surface area contributed by atoms with Gasteiger partial charge < -0.3 is 15.2 Å². The van der Waals surface area contributed by atoms with Gasteiger partial charge in [-0.15, -0.1) is 0 Å². The number of hydrogen-bond donors (Lipinski definition) is 1. The molecule has 2 N–H and O–H groups in total. The SMILES string of the molecule is CCCCCCCCCCCCCCCCC[C@@H](C[C@@H]1OC(=O)[C@H]1CC)OC(=O)CCCCCC(N)=O. The largest absolute Gasteiger partial charge is 0.462 e. The number of ether oxygens (including phenoxy) is 2. The van der Waals surface area contributed by atoms with E-state index in [-0.39, 0.29) is 36.0 Å². The molecule has 0 aliphatic carbocycles. The van der Waals surface area contributed by atoms with E-state index in [2.05, 4.69) is 6.92 Å². The zero-order valence-electron chi connectivity index (χ0n) is 24.1. The number of carbonyl (C=O) groups is 3. The molecule has 0 saturated carbocycles. The minimum atomic E-state index is -0.299. The molecule has 1 fully saturated rings. The van der Waals surface area contributed by atoms with Crippen molar-refractivity contribution < 1.29 is 23.9 Å². The van der Waals surface area contributed by atoms with Crippen LogP contribution in [0.3, 0.4) is 0 Å². The van der Waals surface area contributed by atoms with Crippen molar-refractivity contribution in [2.24, 2.45) is 11.7 Å². The number of esters is 2. The highest BCUT2D eigenvalue weighted by molar-refractivity contribution is 5.78. The Bertz CT molecular complexity index is 608. The van der Waals surface area contributed by atoms with Crippen LogP contribution in [0.25, 0.3) is 0 Å². The van der Waals surface area contributed by atoms with E-state index in [1.165, 1.54) is 83.5 Å². The molecule has 6 nitrogen and oxygen atoms in total. The Kier molecular flexibility index (Phi) is 20.2. The van der Waals surface area contributed by atoms with Crippen LogP contribution in [0, 0.1) is 5.92 Å². The van der Waals surface area contributed by atoms with Crippen molar-refractivity contribution in [2.75, 3.05) is 0 Å². The summed E-state index contributed by atoms with van der Waals surface area (Å²) in [6.07, 6.45) is 24.7. The summed E-state index contributed by atoms with van der Waals surface area (Å²) < 4.78 is 11.2. The number of carbonyl (C=O) groups excluding carboxylic acids is 3. The van der Waals surface area contributed by atoms with Gasteiger partial charge in [-0.05, 0) is 32.1 Å². The van der Waals surface area contributed by atoms with E-state index in [1.807, 2.05) is 6.92 Å². The lowest BCUT2D eigenvalue weighted by Gasteiger charge is -2.36. The first-order chi connectivity index (χ1) is 18.0. The molecule has 0 radical (unpaired) electrons. The molecule has 0 unspecified atom stereocenters. The van der Waals surface area contributed by atoms with Crippen LogP contribution in [0.5, 0.6) is 0 Å². The maximum absolute atomic E-state index is 12.4. The molecule has 1 aliphatic heterocycles. The molecule has 3 atom stereocenters. The molecule has 37 heavy (non-hydrogen) atoms. The first-order valence-corrected chi connectivity index (χ1v) is 15.7. The summed E-state index contributed by atoms with van der Waals surface area (Å²) >= 11 is 0. The number of cyclic esters (lactones) is 1. The second kappa shape index (κ2) is 22.4. The predicted molar refractivity (Wildman–Crippen MR) is 150 cm³/mol. The summed E-state index contributed by atoms with van der Waals surface area (Å²) in [5.74, 6) is -0.676. The van der Waals surface area contributed by atoms with Crippen LogP contribution < -0.4 is 5.73 Å². The Labute approximate surface area is 227 Å². The highest BCUT2D eigenvalue weighted by Crippen LogP contribution is 2.31. The van der Waals surface area contributed by atoms with Gasteiger partial charge in [0, 0.05) is 19.3 Å². The maximum atomic E-state index is 12.4. The molecule has 1 amide bonds. The van der Waals surface area contributed by atoms with Gasteiger partial charge in [-0.25, -0.2) is 0 Å². The van der Waals surface area contributed by atoms with Gasteiger partial charge in [0.05, 0.1) is 5.92 Å². The number of hydrogen-bond acceptors (Lipinski definition) is 5. The minimum Gasteiger partial charge on any atom is -0.462 e. The van der Waals surface area contributed by atoms with Gasteiger partial charge in [0.15, 0.2) is 0 Å². The van der Waals surface area contributed by atoms with Gasteiger partial charge in [-0.3, -0.25) is 14.4 Å². The molecule has 0 aromatic rings.